The molecule has 0 bridgehead atoms. The van der Waals surface area contributed by atoms with Crippen molar-refractivity contribution in [3.63, 3.8) is 0 Å². The number of benzene rings is 2. The second-order valence-electron chi connectivity index (χ2n) is 6.13. The van der Waals surface area contributed by atoms with Crippen LogP contribution in [0.1, 0.15) is 27.1 Å². The fourth-order valence-corrected chi connectivity index (χ4v) is 2.77. The van der Waals surface area contributed by atoms with Crippen molar-refractivity contribution in [2.75, 3.05) is 6.61 Å². The van der Waals surface area contributed by atoms with Gasteiger partial charge < -0.3 is 24.4 Å². The molecule has 4 unspecified atom stereocenters. The van der Waals surface area contributed by atoms with E-state index in [1.807, 2.05) is 0 Å². The van der Waals surface area contributed by atoms with Crippen molar-refractivity contribution in [1.82, 2.24) is 0 Å². The lowest BCUT2D eigenvalue weighted by molar-refractivity contribution is -0.239. The molecule has 4 atom stereocenters. The number of carbonyl (C=O) groups excluding carboxylic acids is 2. The standard InChI is InChI=1S/C20H20O7/c21-17-11-15(27-20(24)14-9-5-2-6-10-14)18(22)16(26-17)12-25-19(23)13-7-3-1-4-8-13/h1-10,15-18,21-22H,11-12H2. The Kier molecular flexibility index (Phi) is 6.18. The largest absolute Gasteiger partial charge is 0.459 e. The highest BCUT2D eigenvalue weighted by molar-refractivity contribution is 5.89. The van der Waals surface area contributed by atoms with E-state index in [9.17, 15) is 19.8 Å². The predicted octanol–water partition coefficient (Wildman–Crippen LogP) is 1.54. The monoisotopic (exact) mass is 372 g/mol. The first-order chi connectivity index (χ1) is 13.0. The molecule has 0 amide bonds. The Bertz CT molecular complexity index is 762. The maximum absolute atomic E-state index is 12.2. The molecule has 1 aliphatic rings. The molecule has 1 aliphatic heterocycles. The lowest BCUT2D eigenvalue weighted by Crippen LogP contribution is -2.52. The summed E-state index contributed by atoms with van der Waals surface area (Å²) in [5.41, 5.74) is 0.688. The molecule has 2 aromatic rings. The molecule has 142 valence electrons. The fourth-order valence-electron chi connectivity index (χ4n) is 2.77. The van der Waals surface area contributed by atoms with Crippen LogP contribution in [0.25, 0.3) is 0 Å². The van der Waals surface area contributed by atoms with Gasteiger partial charge in [-0.05, 0) is 24.3 Å². The minimum Gasteiger partial charge on any atom is -0.459 e. The fraction of sp³-hybridized carbons (Fsp3) is 0.300. The Morgan fingerprint density at radius 3 is 2.07 bits per heavy atom. The SMILES string of the molecule is O=C(OCC1OC(O)CC(OC(=O)c2ccccc2)C1O)c1ccccc1. The smallest absolute Gasteiger partial charge is 0.338 e. The number of aliphatic hydroxyl groups is 2. The third-order valence-corrected chi connectivity index (χ3v) is 4.18. The third kappa shape index (κ3) is 4.91. The molecule has 0 spiro atoms. The summed E-state index contributed by atoms with van der Waals surface area (Å²) < 4.78 is 15.7. The molecule has 27 heavy (non-hydrogen) atoms. The summed E-state index contributed by atoms with van der Waals surface area (Å²) in [6.45, 7) is -0.286. The molecule has 7 heteroatoms. The zero-order valence-electron chi connectivity index (χ0n) is 14.4. The first-order valence-electron chi connectivity index (χ1n) is 8.54. The van der Waals surface area contributed by atoms with Crippen LogP contribution in [-0.2, 0) is 14.2 Å². The third-order valence-electron chi connectivity index (χ3n) is 4.18. The van der Waals surface area contributed by atoms with Crippen molar-refractivity contribution in [2.24, 2.45) is 0 Å². The topological polar surface area (TPSA) is 102 Å². The second-order valence-corrected chi connectivity index (χ2v) is 6.13. The van der Waals surface area contributed by atoms with Crippen molar-refractivity contribution in [2.45, 2.75) is 31.0 Å². The van der Waals surface area contributed by atoms with Gasteiger partial charge in [0.25, 0.3) is 0 Å². The summed E-state index contributed by atoms with van der Waals surface area (Å²) in [7, 11) is 0. The maximum Gasteiger partial charge on any atom is 0.338 e. The highest BCUT2D eigenvalue weighted by Gasteiger charge is 2.40. The molecule has 1 heterocycles. The summed E-state index contributed by atoms with van der Waals surface area (Å²) in [6.07, 6.45) is -4.58. The Hall–Kier alpha value is -2.74. The average Bonchev–Trinajstić information content (AvgIpc) is 2.70. The van der Waals surface area contributed by atoms with Crippen LogP contribution in [-0.4, -0.2) is 53.4 Å². The van der Waals surface area contributed by atoms with Gasteiger partial charge in [0.05, 0.1) is 11.1 Å². The Morgan fingerprint density at radius 1 is 0.926 bits per heavy atom. The van der Waals surface area contributed by atoms with Gasteiger partial charge >= 0.3 is 11.9 Å². The van der Waals surface area contributed by atoms with Gasteiger partial charge in [-0.3, -0.25) is 0 Å². The van der Waals surface area contributed by atoms with Crippen LogP contribution >= 0.6 is 0 Å². The first-order valence-corrected chi connectivity index (χ1v) is 8.54. The lowest BCUT2D eigenvalue weighted by atomic mass is 10.0. The molecule has 1 saturated heterocycles. The van der Waals surface area contributed by atoms with E-state index < -0.39 is 36.5 Å². The number of carbonyl (C=O) groups is 2. The highest BCUT2D eigenvalue weighted by Crippen LogP contribution is 2.23. The molecule has 0 aromatic heterocycles. The van der Waals surface area contributed by atoms with E-state index >= 15 is 0 Å². The molecule has 2 aromatic carbocycles. The van der Waals surface area contributed by atoms with Gasteiger partial charge in [0, 0.05) is 6.42 Å². The van der Waals surface area contributed by atoms with Crippen LogP contribution < -0.4 is 0 Å². The van der Waals surface area contributed by atoms with Crippen molar-refractivity contribution in [3.8, 4) is 0 Å². The van der Waals surface area contributed by atoms with Crippen LogP contribution in [0.5, 0.6) is 0 Å². The summed E-state index contributed by atoms with van der Waals surface area (Å²) >= 11 is 0. The normalized spacial score (nSPS) is 24.8. The van der Waals surface area contributed by atoms with Crippen molar-refractivity contribution >= 4 is 11.9 Å². The van der Waals surface area contributed by atoms with E-state index in [2.05, 4.69) is 0 Å². The summed E-state index contributed by atoms with van der Waals surface area (Å²) in [5.74, 6) is -1.20. The van der Waals surface area contributed by atoms with E-state index in [0.29, 0.717) is 11.1 Å². The van der Waals surface area contributed by atoms with Gasteiger partial charge in [0.2, 0.25) is 0 Å². The van der Waals surface area contributed by atoms with Gasteiger partial charge in [-0.25, -0.2) is 9.59 Å². The van der Waals surface area contributed by atoms with Gasteiger partial charge in [-0.1, -0.05) is 36.4 Å². The van der Waals surface area contributed by atoms with Crippen LogP contribution in [0.3, 0.4) is 0 Å². The van der Waals surface area contributed by atoms with Crippen LogP contribution in [0, 0.1) is 0 Å². The maximum atomic E-state index is 12.2. The molecule has 0 radical (unpaired) electrons. The van der Waals surface area contributed by atoms with Gasteiger partial charge in [-0.15, -0.1) is 0 Å². The zero-order valence-corrected chi connectivity index (χ0v) is 14.4. The summed E-state index contributed by atoms with van der Waals surface area (Å²) in [6, 6.07) is 16.7. The Balaban J connectivity index is 1.59. The minimum absolute atomic E-state index is 0.0805. The summed E-state index contributed by atoms with van der Waals surface area (Å²) in [5, 5.41) is 20.3. The number of hydrogen-bond donors (Lipinski definition) is 2. The average molecular weight is 372 g/mol. The minimum atomic E-state index is -1.25. The first kappa shape index (κ1) is 19.0. The molecular weight excluding hydrogens is 352 g/mol. The van der Waals surface area contributed by atoms with Crippen molar-refractivity contribution < 1.29 is 34.0 Å². The van der Waals surface area contributed by atoms with E-state index in [0.717, 1.165) is 0 Å². The number of esters is 2. The Morgan fingerprint density at radius 2 is 1.48 bits per heavy atom. The number of rotatable bonds is 5. The number of ether oxygens (including phenoxy) is 3. The van der Waals surface area contributed by atoms with Gasteiger partial charge in [0.15, 0.2) is 6.29 Å². The van der Waals surface area contributed by atoms with E-state index in [1.54, 1.807) is 60.7 Å². The quantitative estimate of drug-likeness (QED) is 0.768. The molecule has 0 aliphatic carbocycles. The van der Waals surface area contributed by atoms with Gasteiger partial charge in [-0.2, -0.15) is 0 Å². The van der Waals surface area contributed by atoms with Crippen LogP contribution in [0.15, 0.2) is 60.7 Å². The molecule has 2 N–H and O–H groups in total. The van der Waals surface area contributed by atoms with E-state index in [1.165, 1.54) is 0 Å². The lowest BCUT2D eigenvalue weighted by Gasteiger charge is -2.36. The highest BCUT2D eigenvalue weighted by atomic mass is 16.6. The number of hydrogen-bond acceptors (Lipinski definition) is 7. The second kappa shape index (κ2) is 8.77. The molecule has 1 fully saturated rings. The summed E-state index contributed by atoms with van der Waals surface area (Å²) in [4.78, 5) is 24.2. The zero-order chi connectivity index (χ0) is 19.2. The molecular formula is C20H20O7. The van der Waals surface area contributed by atoms with Crippen molar-refractivity contribution in [3.05, 3.63) is 71.8 Å². The van der Waals surface area contributed by atoms with E-state index in [-0.39, 0.29) is 13.0 Å². The van der Waals surface area contributed by atoms with Crippen molar-refractivity contribution in [1.29, 1.82) is 0 Å². The van der Waals surface area contributed by atoms with E-state index in [4.69, 9.17) is 14.2 Å². The molecule has 7 nitrogen and oxygen atoms in total. The molecule has 3 rings (SSSR count). The Labute approximate surface area is 156 Å². The van der Waals surface area contributed by atoms with Crippen LogP contribution in [0.4, 0.5) is 0 Å². The van der Waals surface area contributed by atoms with Crippen LogP contribution in [0.2, 0.25) is 0 Å². The molecule has 0 saturated carbocycles. The van der Waals surface area contributed by atoms with Gasteiger partial charge in [0.1, 0.15) is 24.9 Å². The number of aliphatic hydroxyl groups excluding tert-OH is 2. The predicted molar refractivity (Wildman–Crippen MR) is 93.9 cm³/mol.